The molecule has 1 aliphatic heterocycles. The molecule has 1 aromatic heterocycles. The first kappa shape index (κ1) is 16.1. The van der Waals surface area contributed by atoms with Gasteiger partial charge in [0.15, 0.2) is 0 Å². The van der Waals surface area contributed by atoms with Crippen LogP contribution in [0.3, 0.4) is 0 Å². The zero-order valence-corrected chi connectivity index (χ0v) is 14.3. The molecular weight excluding hydrogens is 314 g/mol. The van der Waals surface area contributed by atoms with Gasteiger partial charge < -0.3 is 9.42 Å². The highest BCUT2D eigenvalue weighted by Gasteiger charge is 2.33. The molecule has 1 aromatic carbocycles. The summed E-state index contributed by atoms with van der Waals surface area (Å²) in [5.41, 5.74) is 0.933. The van der Waals surface area contributed by atoms with Gasteiger partial charge in [-0.15, -0.1) is 0 Å². The van der Waals surface area contributed by atoms with Crippen molar-refractivity contribution in [3.8, 4) is 11.4 Å². The van der Waals surface area contributed by atoms with Crippen LogP contribution in [-0.4, -0.2) is 27.5 Å². The van der Waals surface area contributed by atoms with E-state index in [1.54, 1.807) is 0 Å². The molecule has 4 rings (SSSR count). The third kappa shape index (κ3) is 3.50. The van der Waals surface area contributed by atoms with Crippen LogP contribution < -0.4 is 0 Å². The SMILES string of the molecule is O=C(C[C@H]1C=CCC1)N1CCCC[C@H]1c1nc(-c2ccccc2)no1. The van der Waals surface area contributed by atoms with E-state index >= 15 is 0 Å². The lowest BCUT2D eigenvalue weighted by Gasteiger charge is -2.34. The van der Waals surface area contributed by atoms with Crippen LogP contribution in [0.1, 0.15) is 50.5 Å². The normalized spacial score (nSPS) is 23.1. The Morgan fingerprint density at radius 1 is 1.20 bits per heavy atom. The summed E-state index contributed by atoms with van der Waals surface area (Å²) in [6.45, 7) is 0.781. The molecule has 5 nitrogen and oxygen atoms in total. The molecule has 1 amide bonds. The second-order valence-corrected chi connectivity index (χ2v) is 6.89. The second-order valence-electron chi connectivity index (χ2n) is 6.89. The Balaban J connectivity index is 1.52. The highest BCUT2D eigenvalue weighted by atomic mass is 16.5. The molecule has 2 heterocycles. The maximum absolute atomic E-state index is 12.8. The van der Waals surface area contributed by atoms with Gasteiger partial charge in [0, 0.05) is 18.5 Å². The molecule has 2 aliphatic rings. The number of benzene rings is 1. The Hall–Kier alpha value is -2.43. The molecule has 25 heavy (non-hydrogen) atoms. The number of piperidine rings is 1. The minimum absolute atomic E-state index is 0.0865. The van der Waals surface area contributed by atoms with Crippen molar-refractivity contribution in [1.82, 2.24) is 15.0 Å². The van der Waals surface area contributed by atoms with E-state index < -0.39 is 0 Å². The van der Waals surface area contributed by atoms with Gasteiger partial charge in [0.2, 0.25) is 17.6 Å². The molecule has 5 heteroatoms. The number of rotatable bonds is 4. The summed E-state index contributed by atoms with van der Waals surface area (Å²) in [6.07, 6.45) is 10.1. The van der Waals surface area contributed by atoms with Crippen LogP contribution in [0.2, 0.25) is 0 Å². The monoisotopic (exact) mass is 337 g/mol. The molecule has 0 spiro atoms. The van der Waals surface area contributed by atoms with Crippen LogP contribution >= 0.6 is 0 Å². The van der Waals surface area contributed by atoms with E-state index in [4.69, 9.17) is 4.52 Å². The average molecular weight is 337 g/mol. The van der Waals surface area contributed by atoms with Gasteiger partial charge in [-0.3, -0.25) is 4.79 Å². The fourth-order valence-electron chi connectivity index (χ4n) is 3.77. The van der Waals surface area contributed by atoms with Crippen LogP contribution in [-0.2, 0) is 4.79 Å². The van der Waals surface area contributed by atoms with E-state index in [1.807, 2.05) is 35.2 Å². The van der Waals surface area contributed by atoms with Crippen molar-refractivity contribution in [1.29, 1.82) is 0 Å². The Bertz CT molecular complexity index is 753. The number of amides is 1. The molecular formula is C20H23N3O2. The molecule has 1 aliphatic carbocycles. The number of allylic oxidation sites excluding steroid dienone is 2. The lowest BCUT2D eigenvalue weighted by molar-refractivity contribution is -0.136. The van der Waals surface area contributed by atoms with Crippen molar-refractivity contribution < 1.29 is 9.32 Å². The van der Waals surface area contributed by atoms with Crippen molar-refractivity contribution in [2.75, 3.05) is 6.54 Å². The largest absolute Gasteiger partial charge is 0.337 e. The van der Waals surface area contributed by atoms with Gasteiger partial charge in [0.1, 0.15) is 6.04 Å². The van der Waals surface area contributed by atoms with Crippen LogP contribution in [0.25, 0.3) is 11.4 Å². The number of nitrogens with zero attached hydrogens (tertiary/aromatic N) is 3. The summed E-state index contributed by atoms with van der Waals surface area (Å²) >= 11 is 0. The molecule has 2 atom stereocenters. The molecule has 1 fully saturated rings. The van der Waals surface area contributed by atoms with Gasteiger partial charge in [-0.1, -0.05) is 47.6 Å². The summed E-state index contributed by atoms with van der Waals surface area (Å²) < 4.78 is 5.54. The van der Waals surface area contributed by atoms with Crippen molar-refractivity contribution in [3.05, 3.63) is 48.4 Å². The van der Waals surface area contributed by atoms with Gasteiger partial charge in [-0.25, -0.2) is 0 Å². The third-order valence-corrected chi connectivity index (χ3v) is 5.13. The van der Waals surface area contributed by atoms with Crippen LogP contribution in [0.5, 0.6) is 0 Å². The number of hydrogen-bond donors (Lipinski definition) is 0. The van der Waals surface area contributed by atoms with E-state index in [0.29, 0.717) is 24.1 Å². The Morgan fingerprint density at radius 3 is 2.88 bits per heavy atom. The van der Waals surface area contributed by atoms with Crippen LogP contribution in [0.4, 0.5) is 0 Å². The zero-order chi connectivity index (χ0) is 17.1. The molecule has 0 N–H and O–H groups in total. The molecule has 0 radical (unpaired) electrons. The minimum Gasteiger partial charge on any atom is -0.337 e. The first-order valence-corrected chi connectivity index (χ1v) is 9.16. The quantitative estimate of drug-likeness (QED) is 0.787. The average Bonchev–Trinajstić information content (AvgIpc) is 3.34. The first-order valence-electron chi connectivity index (χ1n) is 9.16. The third-order valence-electron chi connectivity index (χ3n) is 5.13. The first-order chi connectivity index (χ1) is 12.3. The smallest absolute Gasteiger partial charge is 0.249 e. The number of hydrogen-bond acceptors (Lipinski definition) is 4. The van der Waals surface area contributed by atoms with E-state index in [9.17, 15) is 4.79 Å². The summed E-state index contributed by atoms with van der Waals surface area (Å²) in [5.74, 6) is 1.75. The lowest BCUT2D eigenvalue weighted by atomic mass is 9.98. The topological polar surface area (TPSA) is 59.2 Å². The summed E-state index contributed by atoms with van der Waals surface area (Å²) in [4.78, 5) is 19.4. The summed E-state index contributed by atoms with van der Waals surface area (Å²) in [5, 5.41) is 4.12. The maximum Gasteiger partial charge on any atom is 0.249 e. The van der Waals surface area contributed by atoms with E-state index in [1.165, 1.54) is 0 Å². The Kier molecular flexibility index (Phi) is 4.63. The molecule has 0 unspecified atom stereocenters. The van der Waals surface area contributed by atoms with Gasteiger partial charge in [-0.05, 0) is 38.0 Å². The molecule has 0 bridgehead atoms. The van der Waals surface area contributed by atoms with Crippen molar-refractivity contribution in [2.24, 2.45) is 5.92 Å². The van der Waals surface area contributed by atoms with Crippen molar-refractivity contribution in [3.63, 3.8) is 0 Å². The Morgan fingerprint density at radius 2 is 2.08 bits per heavy atom. The minimum atomic E-state index is -0.0865. The maximum atomic E-state index is 12.8. The summed E-state index contributed by atoms with van der Waals surface area (Å²) in [6, 6.07) is 9.71. The van der Waals surface area contributed by atoms with E-state index in [2.05, 4.69) is 22.3 Å². The number of carbonyl (C=O) groups excluding carboxylic acids is 1. The van der Waals surface area contributed by atoms with Gasteiger partial charge in [-0.2, -0.15) is 4.98 Å². The number of aromatic nitrogens is 2. The van der Waals surface area contributed by atoms with Crippen molar-refractivity contribution >= 4 is 5.91 Å². The highest BCUT2D eigenvalue weighted by molar-refractivity contribution is 5.77. The van der Waals surface area contributed by atoms with E-state index in [-0.39, 0.29) is 11.9 Å². The fraction of sp³-hybridized carbons (Fsp3) is 0.450. The molecule has 2 aromatic rings. The predicted octanol–water partition coefficient (Wildman–Crippen LogP) is 4.15. The lowest BCUT2D eigenvalue weighted by Crippen LogP contribution is -2.39. The van der Waals surface area contributed by atoms with Gasteiger partial charge in [0.25, 0.3) is 0 Å². The second kappa shape index (κ2) is 7.21. The Labute approximate surface area is 147 Å². The highest BCUT2D eigenvalue weighted by Crippen LogP contribution is 2.33. The molecule has 1 saturated heterocycles. The molecule has 130 valence electrons. The van der Waals surface area contributed by atoms with Gasteiger partial charge in [0.05, 0.1) is 0 Å². The zero-order valence-electron chi connectivity index (χ0n) is 14.3. The number of likely N-dealkylation sites (tertiary alicyclic amines) is 1. The molecule has 0 saturated carbocycles. The van der Waals surface area contributed by atoms with Gasteiger partial charge >= 0.3 is 0 Å². The standard InChI is InChI=1S/C20H23N3O2/c24-18(14-15-8-4-5-9-15)23-13-7-6-12-17(23)20-21-19(22-25-20)16-10-2-1-3-11-16/h1-4,8,10-11,15,17H,5-7,9,12-14H2/t15-,17-/m0/s1. The summed E-state index contributed by atoms with van der Waals surface area (Å²) in [7, 11) is 0. The van der Waals surface area contributed by atoms with Crippen molar-refractivity contribution in [2.45, 2.75) is 44.6 Å². The van der Waals surface area contributed by atoms with E-state index in [0.717, 1.165) is 44.2 Å². The fourth-order valence-corrected chi connectivity index (χ4v) is 3.77. The van der Waals surface area contributed by atoms with Crippen LogP contribution in [0.15, 0.2) is 47.0 Å². The predicted molar refractivity (Wildman–Crippen MR) is 94.5 cm³/mol. The van der Waals surface area contributed by atoms with Crippen LogP contribution in [0, 0.1) is 5.92 Å². The number of carbonyl (C=O) groups is 1.